The number of hydrogen-bond acceptors (Lipinski definition) is 4. The van der Waals surface area contributed by atoms with Crippen LogP contribution in [0.3, 0.4) is 0 Å². The smallest absolute Gasteiger partial charge is 0.408 e. The van der Waals surface area contributed by atoms with Crippen molar-refractivity contribution < 1.29 is 19.1 Å². The molecule has 234 valence electrons. The van der Waals surface area contributed by atoms with Gasteiger partial charge in [0.25, 0.3) is 0 Å². The molecule has 4 rings (SSSR count). The summed E-state index contributed by atoms with van der Waals surface area (Å²) in [4.78, 5) is 25.0. The molecule has 4 aliphatic rings. The Hall–Kier alpha value is -1.52. The Labute approximate surface area is 251 Å². The maximum Gasteiger partial charge on any atom is 0.408 e. The van der Waals surface area contributed by atoms with Gasteiger partial charge in [-0.15, -0.1) is 0 Å². The molecule has 5 nitrogen and oxygen atoms in total. The molecule has 0 aromatic carbocycles. The van der Waals surface area contributed by atoms with Gasteiger partial charge in [0.2, 0.25) is 0 Å². The molecule has 0 heterocycles. The van der Waals surface area contributed by atoms with Crippen molar-refractivity contribution in [3.63, 3.8) is 0 Å². The molecule has 0 unspecified atom stereocenters. The summed E-state index contributed by atoms with van der Waals surface area (Å²) in [5.41, 5.74) is 2.07. The van der Waals surface area contributed by atoms with Crippen molar-refractivity contribution in [3.8, 4) is 0 Å². The zero-order valence-corrected chi connectivity index (χ0v) is 28.0. The van der Waals surface area contributed by atoms with Gasteiger partial charge in [0.1, 0.15) is 17.7 Å². The lowest BCUT2D eigenvalue weighted by molar-refractivity contribution is -0.154. The van der Waals surface area contributed by atoms with E-state index in [-0.39, 0.29) is 18.0 Å². The van der Waals surface area contributed by atoms with Crippen molar-refractivity contribution in [1.82, 2.24) is 5.32 Å². The van der Waals surface area contributed by atoms with Crippen LogP contribution in [0.25, 0.3) is 0 Å². The zero-order chi connectivity index (χ0) is 30.3. The van der Waals surface area contributed by atoms with Crippen molar-refractivity contribution in [3.05, 3.63) is 11.6 Å². The summed E-state index contributed by atoms with van der Waals surface area (Å²) in [6.45, 7) is 21.5. The van der Waals surface area contributed by atoms with Crippen LogP contribution in [0.4, 0.5) is 4.79 Å². The molecular weight excluding hydrogens is 510 g/mol. The van der Waals surface area contributed by atoms with Crippen molar-refractivity contribution in [2.45, 2.75) is 151 Å². The van der Waals surface area contributed by atoms with Crippen LogP contribution in [0.1, 0.15) is 133 Å². The quantitative estimate of drug-likeness (QED) is 0.233. The molecule has 3 fully saturated rings. The minimum Gasteiger partial charge on any atom is -0.461 e. The molecule has 0 bridgehead atoms. The Bertz CT molecular complexity index is 981. The van der Waals surface area contributed by atoms with E-state index in [0.717, 1.165) is 42.4 Å². The monoisotopic (exact) mass is 571 g/mol. The van der Waals surface area contributed by atoms with Crippen molar-refractivity contribution in [2.75, 3.05) is 0 Å². The number of allylic oxidation sites excluding steroid dienone is 2. The molecule has 4 aliphatic carbocycles. The average Bonchev–Trinajstić information content (AvgIpc) is 3.22. The third-order valence-corrected chi connectivity index (χ3v) is 12.1. The Kier molecular flexibility index (Phi) is 9.66. The maximum absolute atomic E-state index is 12.9. The maximum atomic E-state index is 12.9. The number of amides is 1. The first-order valence-corrected chi connectivity index (χ1v) is 16.9. The molecule has 0 spiro atoms. The van der Waals surface area contributed by atoms with Gasteiger partial charge in [0, 0.05) is 0 Å². The number of hydrogen-bond donors (Lipinski definition) is 1. The van der Waals surface area contributed by atoms with Crippen molar-refractivity contribution in [2.24, 2.45) is 52.3 Å². The van der Waals surface area contributed by atoms with E-state index < -0.39 is 17.7 Å². The number of ether oxygens (including phenoxy) is 2. The lowest BCUT2D eigenvalue weighted by atomic mass is 9.46. The fourth-order valence-corrected chi connectivity index (χ4v) is 9.77. The van der Waals surface area contributed by atoms with Gasteiger partial charge in [-0.25, -0.2) is 9.59 Å². The first kappa shape index (κ1) is 32.4. The Balaban J connectivity index is 1.34. The van der Waals surface area contributed by atoms with E-state index in [1.54, 1.807) is 12.5 Å². The summed E-state index contributed by atoms with van der Waals surface area (Å²) in [5, 5.41) is 2.63. The number of rotatable bonds is 8. The Morgan fingerprint density at radius 1 is 1.00 bits per heavy atom. The van der Waals surface area contributed by atoms with Gasteiger partial charge in [0.15, 0.2) is 0 Å². The lowest BCUT2D eigenvalue weighted by Crippen LogP contribution is -2.50. The minimum atomic E-state index is -0.743. The third kappa shape index (κ3) is 6.85. The number of nitrogens with one attached hydrogen (secondary N) is 1. The largest absolute Gasteiger partial charge is 0.461 e. The first-order valence-electron chi connectivity index (χ1n) is 16.9. The zero-order valence-electron chi connectivity index (χ0n) is 28.0. The molecule has 41 heavy (non-hydrogen) atoms. The van der Waals surface area contributed by atoms with Crippen LogP contribution in [0.15, 0.2) is 11.6 Å². The van der Waals surface area contributed by atoms with E-state index >= 15 is 0 Å². The third-order valence-electron chi connectivity index (χ3n) is 12.1. The number of fused-ring (bicyclic) bond motifs is 5. The summed E-state index contributed by atoms with van der Waals surface area (Å²) in [5.74, 6) is 4.64. The summed E-state index contributed by atoms with van der Waals surface area (Å²) in [6, 6.07) is -0.743. The van der Waals surface area contributed by atoms with Crippen LogP contribution in [0, 0.1) is 52.3 Å². The second-order valence-corrected chi connectivity index (χ2v) is 16.5. The Morgan fingerprint density at radius 3 is 2.37 bits per heavy atom. The van der Waals surface area contributed by atoms with Crippen LogP contribution in [-0.4, -0.2) is 29.8 Å². The van der Waals surface area contributed by atoms with Gasteiger partial charge >= 0.3 is 12.1 Å². The molecular formula is C36H61NO4. The lowest BCUT2D eigenvalue weighted by Gasteiger charge is -2.58. The molecule has 0 radical (unpaired) electrons. The fourth-order valence-electron chi connectivity index (χ4n) is 9.77. The topological polar surface area (TPSA) is 64.6 Å². The van der Waals surface area contributed by atoms with E-state index in [0.29, 0.717) is 16.7 Å². The number of carbonyl (C=O) groups excluding carboxylic acids is 2. The highest BCUT2D eigenvalue weighted by molar-refractivity contribution is 5.81. The van der Waals surface area contributed by atoms with E-state index in [9.17, 15) is 9.59 Å². The standard InChI is InChI=1S/C36H61NO4/c1-22(2)31(40-32(38)25(5)37-33(39)41-34(6,7)8)16-11-24(4)28-14-15-29-27-13-12-26-21-23(3)17-19-35(26,9)30(27)18-20-36(28,29)10/h12,22-25,27-31H,11,13-21H2,1-10H3,(H,37,39)/t23-,24+,25-,27-,28+,29-,30-,31-,35-,36+/m0/s1. The molecule has 5 heteroatoms. The molecule has 1 amide bonds. The van der Waals surface area contributed by atoms with E-state index in [2.05, 4.69) is 52.9 Å². The van der Waals surface area contributed by atoms with Crippen LogP contribution >= 0.6 is 0 Å². The molecule has 0 saturated heterocycles. The highest BCUT2D eigenvalue weighted by Gasteiger charge is 2.59. The van der Waals surface area contributed by atoms with Crippen LogP contribution in [0.5, 0.6) is 0 Å². The van der Waals surface area contributed by atoms with Crippen molar-refractivity contribution >= 4 is 12.1 Å². The predicted octanol–water partition coefficient (Wildman–Crippen LogP) is 9.10. The first-order chi connectivity index (χ1) is 19.0. The predicted molar refractivity (Wildman–Crippen MR) is 166 cm³/mol. The van der Waals surface area contributed by atoms with Gasteiger partial charge in [-0.1, -0.05) is 53.2 Å². The second kappa shape index (κ2) is 12.2. The molecule has 0 aliphatic heterocycles. The molecule has 1 N–H and O–H groups in total. The Morgan fingerprint density at radius 2 is 1.71 bits per heavy atom. The number of carbonyl (C=O) groups is 2. The fraction of sp³-hybridized carbons (Fsp3) is 0.889. The average molecular weight is 572 g/mol. The number of esters is 1. The van der Waals surface area contributed by atoms with E-state index in [1.165, 1.54) is 51.4 Å². The molecule has 0 aromatic rings. The van der Waals surface area contributed by atoms with Gasteiger partial charge in [-0.05, 0) is 144 Å². The van der Waals surface area contributed by atoms with Crippen LogP contribution < -0.4 is 5.32 Å². The minimum absolute atomic E-state index is 0.149. The van der Waals surface area contributed by atoms with Crippen molar-refractivity contribution in [1.29, 1.82) is 0 Å². The highest BCUT2D eigenvalue weighted by atomic mass is 16.6. The normalized spacial score (nSPS) is 37.1. The molecule has 3 saturated carbocycles. The van der Waals surface area contributed by atoms with Gasteiger partial charge in [-0.3, -0.25) is 0 Å². The van der Waals surface area contributed by atoms with Crippen LogP contribution in [-0.2, 0) is 14.3 Å². The van der Waals surface area contributed by atoms with Gasteiger partial charge < -0.3 is 14.8 Å². The van der Waals surface area contributed by atoms with E-state index in [4.69, 9.17) is 9.47 Å². The molecule has 10 atom stereocenters. The van der Waals surface area contributed by atoms with Crippen LogP contribution in [0.2, 0.25) is 0 Å². The van der Waals surface area contributed by atoms with Gasteiger partial charge in [0.05, 0.1) is 0 Å². The second-order valence-electron chi connectivity index (χ2n) is 16.5. The summed E-state index contributed by atoms with van der Waals surface area (Å²) >= 11 is 0. The number of alkyl carbamates (subject to hydrolysis) is 1. The SMILES string of the molecule is CC(C)[C@H](CC[C@@H](C)[C@H]1CC[C@H]2[C@@H]3CC=C4C[C@@H](C)CC[C@]4(C)[C@H]3CC[C@]12C)OC(=O)[C@H](C)NC(=O)OC(C)(C)C. The summed E-state index contributed by atoms with van der Waals surface area (Å²) in [7, 11) is 0. The van der Waals surface area contributed by atoms with E-state index in [1.807, 2.05) is 20.8 Å². The van der Waals surface area contributed by atoms with Gasteiger partial charge in [-0.2, -0.15) is 0 Å². The summed E-state index contributed by atoms with van der Waals surface area (Å²) < 4.78 is 11.3. The molecule has 0 aromatic heterocycles. The highest BCUT2D eigenvalue weighted by Crippen LogP contribution is 2.67. The summed E-state index contributed by atoms with van der Waals surface area (Å²) in [6.07, 6.45) is 14.8.